The molecule has 128 valence electrons. The van der Waals surface area contributed by atoms with Crippen molar-refractivity contribution < 1.29 is 18.3 Å². The lowest BCUT2D eigenvalue weighted by Gasteiger charge is -2.27. The lowest BCUT2D eigenvalue weighted by atomic mass is 10.3. The Kier molecular flexibility index (Phi) is 4.54. The number of rotatable bonds is 5. The van der Waals surface area contributed by atoms with E-state index in [1.165, 1.54) is 10.7 Å². The number of hydrogen-bond donors (Lipinski definition) is 1. The zero-order valence-corrected chi connectivity index (χ0v) is 12.7. The van der Waals surface area contributed by atoms with Crippen LogP contribution in [0.2, 0.25) is 0 Å². The molecule has 0 amide bonds. The van der Waals surface area contributed by atoms with Crippen LogP contribution in [0.15, 0.2) is 42.9 Å². The van der Waals surface area contributed by atoms with Crippen molar-refractivity contribution in [2.45, 2.75) is 12.7 Å². The molecular formula is C15H16F3N5O. The lowest BCUT2D eigenvalue weighted by molar-refractivity contribution is -0.137. The summed E-state index contributed by atoms with van der Waals surface area (Å²) >= 11 is 0. The van der Waals surface area contributed by atoms with Gasteiger partial charge in [-0.25, -0.2) is 14.7 Å². The minimum atomic E-state index is -4.40. The highest BCUT2D eigenvalue weighted by Gasteiger charge is 2.30. The fourth-order valence-corrected chi connectivity index (χ4v) is 2.41. The molecule has 0 unspecified atom stereocenters. The molecule has 0 saturated heterocycles. The highest BCUT2D eigenvalue weighted by Crippen LogP contribution is 2.28. The van der Waals surface area contributed by atoms with Crippen molar-refractivity contribution in [1.29, 1.82) is 0 Å². The number of β-amino-alcohol motifs (C(OH)–C–C–N with tert-alkyl or cyclic N) is 1. The zero-order valence-electron chi connectivity index (χ0n) is 12.7. The van der Waals surface area contributed by atoms with Crippen molar-refractivity contribution in [2.24, 2.45) is 0 Å². The Labute approximate surface area is 136 Å². The van der Waals surface area contributed by atoms with Gasteiger partial charge in [-0.1, -0.05) is 6.08 Å². The van der Waals surface area contributed by atoms with Gasteiger partial charge in [0.25, 0.3) is 0 Å². The smallest absolute Gasteiger partial charge is 0.394 e. The largest absolute Gasteiger partial charge is 0.417 e. The minimum absolute atomic E-state index is 0.0464. The molecular weight excluding hydrogens is 323 g/mol. The molecule has 0 aliphatic carbocycles. The first-order valence-electron chi connectivity index (χ1n) is 7.34. The van der Waals surface area contributed by atoms with E-state index in [4.69, 9.17) is 5.11 Å². The Balaban J connectivity index is 1.69. The number of aromatic nitrogens is 3. The predicted molar refractivity (Wildman–Crippen MR) is 79.7 cm³/mol. The van der Waals surface area contributed by atoms with Gasteiger partial charge in [-0.15, -0.1) is 0 Å². The van der Waals surface area contributed by atoms with Crippen molar-refractivity contribution >= 4 is 0 Å². The average molecular weight is 339 g/mol. The quantitative estimate of drug-likeness (QED) is 0.901. The standard InChI is InChI=1S/C15H16F3N5O/c16-15(17,18)12-2-3-14(19-10-12)23-7-4-13(20-23)11-22-6-1-5-21(22)8-9-24/h1-5,7,10,24H,6,8-9,11H2. The van der Waals surface area contributed by atoms with E-state index in [1.807, 2.05) is 22.3 Å². The Hall–Kier alpha value is -2.39. The van der Waals surface area contributed by atoms with E-state index in [-0.39, 0.29) is 6.61 Å². The number of aliphatic hydroxyl groups excluding tert-OH is 1. The van der Waals surface area contributed by atoms with E-state index in [2.05, 4.69) is 10.1 Å². The second-order valence-electron chi connectivity index (χ2n) is 5.27. The highest BCUT2D eigenvalue weighted by atomic mass is 19.4. The fourth-order valence-electron chi connectivity index (χ4n) is 2.41. The first kappa shape index (κ1) is 16.5. The van der Waals surface area contributed by atoms with Crippen LogP contribution in [0, 0.1) is 0 Å². The maximum absolute atomic E-state index is 12.6. The zero-order chi connectivity index (χ0) is 17.2. The number of aliphatic hydroxyl groups is 1. The predicted octanol–water partition coefficient (Wildman–Crippen LogP) is 1.82. The van der Waals surface area contributed by atoms with Crippen LogP contribution in [0.25, 0.3) is 5.82 Å². The van der Waals surface area contributed by atoms with Gasteiger partial charge in [-0.2, -0.15) is 18.3 Å². The topological polar surface area (TPSA) is 57.4 Å². The Morgan fingerprint density at radius 2 is 2.04 bits per heavy atom. The maximum Gasteiger partial charge on any atom is 0.417 e. The summed E-state index contributed by atoms with van der Waals surface area (Å²) in [4.78, 5) is 3.82. The minimum Gasteiger partial charge on any atom is -0.394 e. The van der Waals surface area contributed by atoms with Crippen LogP contribution in [0.1, 0.15) is 11.3 Å². The summed E-state index contributed by atoms with van der Waals surface area (Å²) in [6, 6.07) is 4.06. The number of halogens is 3. The van der Waals surface area contributed by atoms with Gasteiger partial charge in [0, 0.05) is 25.1 Å². The van der Waals surface area contributed by atoms with Gasteiger partial charge in [0.15, 0.2) is 5.82 Å². The molecule has 0 spiro atoms. The molecule has 9 heteroatoms. The summed E-state index contributed by atoms with van der Waals surface area (Å²) < 4.78 is 39.1. The van der Waals surface area contributed by atoms with Gasteiger partial charge in [0.05, 0.1) is 31.0 Å². The molecule has 0 aromatic carbocycles. The molecule has 1 aliphatic heterocycles. The maximum atomic E-state index is 12.6. The van der Waals surface area contributed by atoms with E-state index in [1.54, 1.807) is 12.3 Å². The molecule has 1 N–H and O–H groups in total. The second-order valence-corrected chi connectivity index (χ2v) is 5.27. The van der Waals surface area contributed by atoms with Gasteiger partial charge in [0.2, 0.25) is 0 Å². The molecule has 6 nitrogen and oxygen atoms in total. The average Bonchev–Trinajstić information content (AvgIpc) is 3.18. The lowest BCUT2D eigenvalue weighted by Crippen LogP contribution is -2.36. The summed E-state index contributed by atoms with van der Waals surface area (Å²) in [7, 11) is 0. The molecule has 0 radical (unpaired) electrons. The van der Waals surface area contributed by atoms with Crippen LogP contribution in [-0.4, -0.2) is 49.6 Å². The number of pyridine rings is 1. The number of hydrogen-bond acceptors (Lipinski definition) is 5. The molecule has 0 bridgehead atoms. The third kappa shape index (κ3) is 3.57. The number of alkyl halides is 3. The Morgan fingerprint density at radius 3 is 2.71 bits per heavy atom. The highest BCUT2D eigenvalue weighted by molar-refractivity contribution is 5.26. The van der Waals surface area contributed by atoms with Crippen LogP contribution in [-0.2, 0) is 12.7 Å². The van der Waals surface area contributed by atoms with Crippen LogP contribution in [0.3, 0.4) is 0 Å². The summed E-state index contributed by atoms with van der Waals surface area (Å²) in [6.45, 7) is 1.79. The number of hydrazine groups is 1. The molecule has 3 rings (SSSR count). The summed E-state index contributed by atoms with van der Waals surface area (Å²) in [5.74, 6) is 0.320. The van der Waals surface area contributed by atoms with Crippen LogP contribution in [0.5, 0.6) is 0 Å². The van der Waals surface area contributed by atoms with Crippen LogP contribution in [0.4, 0.5) is 13.2 Å². The molecule has 0 atom stereocenters. The van der Waals surface area contributed by atoms with Crippen molar-refractivity contribution in [2.75, 3.05) is 19.7 Å². The van der Waals surface area contributed by atoms with E-state index >= 15 is 0 Å². The molecule has 1 aliphatic rings. The molecule has 2 aromatic rings. The van der Waals surface area contributed by atoms with Gasteiger partial charge >= 0.3 is 6.18 Å². The normalized spacial score (nSPS) is 15.4. The van der Waals surface area contributed by atoms with Crippen molar-refractivity contribution in [3.8, 4) is 5.82 Å². The fraction of sp³-hybridized carbons (Fsp3) is 0.333. The summed E-state index contributed by atoms with van der Waals surface area (Å²) in [5.41, 5.74) is -0.0373. The van der Waals surface area contributed by atoms with E-state index in [9.17, 15) is 13.2 Å². The summed E-state index contributed by atoms with van der Waals surface area (Å²) in [5, 5.41) is 17.3. The van der Waals surface area contributed by atoms with Gasteiger partial charge in [0.1, 0.15) is 0 Å². The van der Waals surface area contributed by atoms with E-state index < -0.39 is 11.7 Å². The molecule has 0 saturated carbocycles. The third-order valence-electron chi connectivity index (χ3n) is 3.58. The van der Waals surface area contributed by atoms with E-state index in [0.717, 1.165) is 18.0 Å². The first-order valence-corrected chi connectivity index (χ1v) is 7.34. The van der Waals surface area contributed by atoms with Gasteiger partial charge in [-0.3, -0.25) is 0 Å². The first-order chi connectivity index (χ1) is 11.5. The molecule has 3 heterocycles. The SMILES string of the molecule is OCCN1C=CCN1Cc1ccn(-c2ccc(C(F)(F)F)cn2)n1. The second kappa shape index (κ2) is 6.62. The molecule has 0 fully saturated rings. The molecule has 2 aromatic heterocycles. The van der Waals surface area contributed by atoms with Crippen LogP contribution < -0.4 is 0 Å². The Bertz CT molecular complexity index is 711. The summed E-state index contributed by atoms with van der Waals surface area (Å²) in [6.07, 6.45) is 1.92. The Morgan fingerprint density at radius 1 is 1.21 bits per heavy atom. The third-order valence-corrected chi connectivity index (χ3v) is 3.58. The van der Waals surface area contributed by atoms with Crippen molar-refractivity contribution in [3.05, 3.63) is 54.1 Å². The van der Waals surface area contributed by atoms with Crippen LogP contribution >= 0.6 is 0 Å². The van der Waals surface area contributed by atoms with Gasteiger partial charge < -0.3 is 10.1 Å². The van der Waals surface area contributed by atoms with Gasteiger partial charge in [-0.05, 0) is 18.2 Å². The molecule has 24 heavy (non-hydrogen) atoms. The van der Waals surface area contributed by atoms with Crippen molar-refractivity contribution in [1.82, 2.24) is 24.8 Å². The van der Waals surface area contributed by atoms with Crippen molar-refractivity contribution in [3.63, 3.8) is 0 Å². The van der Waals surface area contributed by atoms with E-state index in [0.29, 0.717) is 25.5 Å². The monoisotopic (exact) mass is 339 g/mol. The number of nitrogens with zero attached hydrogens (tertiary/aromatic N) is 5.